The normalized spacial score (nSPS) is 11.9. The molecule has 0 saturated heterocycles. The Balaban J connectivity index is 1.35. The topological polar surface area (TPSA) is 61.7 Å². The zero-order valence-electron chi connectivity index (χ0n) is 30.5. The zero-order valence-corrected chi connectivity index (χ0v) is 30.5. The van der Waals surface area contributed by atoms with Gasteiger partial charge in [0.1, 0.15) is 11.2 Å². The van der Waals surface area contributed by atoms with Gasteiger partial charge in [-0.05, 0) is 36.4 Å². The molecule has 0 fully saturated rings. The highest BCUT2D eigenvalue weighted by Crippen LogP contribution is 2.47. The number of hydrogen-bond acceptors (Lipinski definition) is 4. The van der Waals surface area contributed by atoms with Gasteiger partial charge >= 0.3 is 0 Å². The lowest BCUT2D eigenvalue weighted by atomic mass is 10.0. The van der Waals surface area contributed by atoms with Crippen LogP contribution < -0.4 is 0 Å². The van der Waals surface area contributed by atoms with Gasteiger partial charge in [0.15, 0.2) is 17.5 Å². The molecule has 12 rings (SSSR count). The van der Waals surface area contributed by atoms with Gasteiger partial charge in [-0.3, -0.25) is 0 Å². The molecule has 0 saturated carbocycles. The van der Waals surface area contributed by atoms with Crippen molar-refractivity contribution < 1.29 is 4.42 Å². The van der Waals surface area contributed by atoms with Gasteiger partial charge in [0, 0.05) is 43.4 Å². The average molecular weight is 730 g/mol. The second-order valence-electron chi connectivity index (χ2n) is 14.4. The van der Waals surface area contributed by atoms with Crippen molar-refractivity contribution >= 4 is 65.6 Å². The average Bonchev–Trinajstić information content (AvgIpc) is 3.94. The maximum atomic E-state index is 7.02. The monoisotopic (exact) mass is 729 g/mol. The molecule has 0 aliphatic rings. The molecule has 0 aliphatic carbocycles. The predicted molar refractivity (Wildman–Crippen MR) is 232 cm³/mol. The molecule has 0 bridgehead atoms. The van der Waals surface area contributed by atoms with Crippen LogP contribution in [0.15, 0.2) is 192 Å². The second-order valence-corrected chi connectivity index (χ2v) is 14.4. The molecule has 0 unspecified atom stereocenters. The number of nitrogens with zero attached hydrogens (tertiary/aromatic N) is 5. The van der Waals surface area contributed by atoms with Gasteiger partial charge < -0.3 is 13.6 Å². The molecule has 12 aromatic rings. The number of rotatable bonds is 5. The quantitative estimate of drug-likeness (QED) is 0.177. The maximum absolute atomic E-state index is 7.02. The Morgan fingerprint density at radius 2 is 0.754 bits per heavy atom. The van der Waals surface area contributed by atoms with Gasteiger partial charge in [-0.2, -0.15) is 0 Å². The van der Waals surface area contributed by atoms with E-state index in [2.05, 4.69) is 124 Å². The number of furan rings is 1. The largest absolute Gasteiger partial charge is 0.455 e. The van der Waals surface area contributed by atoms with Crippen LogP contribution in [0.5, 0.6) is 0 Å². The van der Waals surface area contributed by atoms with E-state index in [1.165, 1.54) is 10.8 Å². The van der Waals surface area contributed by atoms with E-state index in [0.717, 1.165) is 77.3 Å². The van der Waals surface area contributed by atoms with E-state index in [-0.39, 0.29) is 0 Å². The van der Waals surface area contributed by atoms with Crippen LogP contribution in [0.1, 0.15) is 0 Å². The van der Waals surface area contributed by atoms with Gasteiger partial charge in [0.05, 0.1) is 39.0 Å². The van der Waals surface area contributed by atoms with Crippen molar-refractivity contribution in [3.63, 3.8) is 0 Å². The number of aromatic nitrogens is 5. The molecular weight excluding hydrogens is 699 g/mol. The number of benzene rings is 8. The summed E-state index contributed by atoms with van der Waals surface area (Å²) < 4.78 is 11.8. The predicted octanol–water partition coefficient (Wildman–Crippen LogP) is 13.0. The van der Waals surface area contributed by atoms with Crippen molar-refractivity contribution in [1.29, 1.82) is 0 Å². The standard InChI is InChI=1S/C51H31N5O/c1-3-17-32(18-4-1)49-52-50(33-19-5-2-6-20-33)54-51(53-49)46-47(56-42-28-14-9-23-36(42)37-24-10-15-29-43(37)56)44(31-39-38-25-11-16-30-45(38)57-48(39)46)55-40-26-12-7-21-34(40)35-22-8-13-27-41(35)55/h1-31H. The molecule has 0 atom stereocenters. The summed E-state index contributed by atoms with van der Waals surface area (Å²) in [7, 11) is 0. The van der Waals surface area contributed by atoms with E-state index in [1.807, 2.05) is 72.8 Å². The van der Waals surface area contributed by atoms with E-state index in [4.69, 9.17) is 19.4 Å². The lowest BCUT2D eigenvalue weighted by Gasteiger charge is -2.21. The van der Waals surface area contributed by atoms with E-state index in [1.54, 1.807) is 0 Å². The van der Waals surface area contributed by atoms with Crippen LogP contribution in [0.2, 0.25) is 0 Å². The van der Waals surface area contributed by atoms with E-state index >= 15 is 0 Å². The first-order valence-electron chi connectivity index (χ1n) is 19.1. The highest BCUT2D eigenvalue weighted by molar-refractivity contribution is 6.17. The van der Waals surface area contributed by atoms with Crippen LogP contribution in [-0.2, 0) is 0 Å². The van der Waals surface area contributed by atoms with Crippen LogP contribution in [0.3, 0.4) is 0 Å². The fourth-order valence-corrected chi connectivity index (χ4v) is 8.71. The Kier molecular flexibility index (Phi) is 6.83. The maximum Gasteiger partial charge on any atom is 0.170 e. The van der Waals surface area contributed by atoms with Crippen LogP contribution in [0.25, 0.3) is 111 Å². The van der Waals surface area contributed by atoms with Gasteiger partial charge in [-0.25, -0.2) is 15.0 Å². The second kappa shape index (κ2) is 12.3. The minimum Gasteiger partial charge on any atom is -0.455 e. The highest BCUT2D eigenvalue weighted by Gasteiger charge is 2.29. The van der Waals surface area contributed by atoms with E-state index in [0.29, 0.717) is 23.1 Å². The molecule has 4 heterocycles. The van der Waals surface area contributed by atoms with Crippen LogP contribution in [0, 0.1) is 0 Å². The van der Waals surface area contributed by atoms with Crippen LogP contribution >= 0.6 is 0 Å². The molecule has 8 aromatic carbocycles. The number of fused-ring (bicyclic) bond motifs is 9. The van der Waals surface area contributed by atoms with Crippen LogP contribution in [0.4, 0.5) is 0 Å². The molecule has 0 spiro atoms. The molecule has 0 aliphatic heterocycles. The molecule has 6 heteroatoms. The van der Waals surface area contributed by atoms with Crippen molar-refractivity contribution in [3.05, 3.63) is 188 Å². The first kappa shape index (κ1) is 31.5. The zero-order chi connectivity index (χ0) is 37.5. The van der Waals surface area contributed by atoms with E-state index < -0.39 is 0 Å². The Hall–Kier alpha value is -7.83. The van der Waals surface area contributed by atoms with Crippen LogP contribution in [-0.4, -0.2) is 24.1 Å². The number of para-hydroxylation sites is 5. The third kappa shape index (κ3) is 4.74. The summed E-state index contributed by atoms with van der Waals surface area (Å²) in [6, 6.07) is 65.5. The molecule has 266 valence electrons. The molecule has 4 aromatic heterocycles. The third-order valence-corrected chi connectivity index (χ3v) is 11.2. The SMILES string of the molecule is c1ccc(-c2nc(-c3ccccc3)nc(-c3c(-n4c5ccccc5c5ccccc54)c(-n4c5ccccc5c5ccccc54)cc4c3oc3ccccc34)n2)cc1. The summed E-state index contributed by atoms with van der Waals surface area (Å²) in [5.41, 5.74) is 10.3. The number of hydrogen-bond donors (Lipinski definition) is 0. The third-order valence-electron chi connectivity index (χ3n) is 11.2. The Morgan fingerprint density at radius 3 is 1.26 bits per heavy atom. The fourth-order valence-electron chi connectivity index (χ4n) is 8.71. The van der Waals surface area contributed by atoms with Crippen molar-refractivity contribution in [2.75, 3.05) is 0 Å². The van der Waals surface area contributed by atoms with Gasteiger partial charge in [-0.1, -0.05) is 152 Å². The highest BCUT2D eigenvalue weighted by atomic mass is 16.3. The summed E-state index contributed by atoms with van der Waals surface area (Å²) in [5.74, 6) is 1.68. The molecule has 6 nitrogen and oxygen atoms in total. The lowest BCUT2D eigenvalue weighted by molar-refractivity contribution is 0.669. The molecule has 0 amide bonds. The lowest BCUT2D eigenvalue weighted by Crippen LogP contribution is -2.08. The molecule has 0 N–H and O–H groups in total. The summed E-state index contributed by atoms with van der Waals surface area (Å²) in [4.78, 5) is 15.9. The first-order chi connectivity index (χ1) is 28.3. The summed E-state index contributed by atoms with van der Waals surface area (Å²) in [6.45, 7) is 0. The Labute approximate surface area is 326 Å². The first-order valence-corrected chi connectivity index (χ1v) is 19.1. The van der Waals surface area contributed by atoms with Crippen molar-refractivity contribution in [2.24, 2.45) is 0 Å². The summed E-state index contributed by atoms with van der Waals surface area (Å²) >= 11 is 0. The molecule has 0 radical (unpaired) electrons. The van der Waals surface area contributed by atoms with Gasteiger partial charge in [0.25, 0.3) is 0 Å². The van der Waals surface area contributed by atoms with Crippen molar-refractivity contribution in [1.82, 2.24) is 24.1 Å². The molecular formula is C51H31N5O. The Bertz CT molecular complexity index is 3360. The summed E-state index contributed by atoms with van der Waals surface area (Å²) in [6.07, 6.45) is 0. The summed E-state index contributed by atoms with van der Waals surface area (Å²) in [5, 5.41) is 6.66. The smallest absolute Gasteiger partial charge is 0.170 e. The fraction of sp³-hybridized carbons (Fsp3) is 0. The van der Waals surface area contributed by atoms with Crippen molar-refractivity contribution in [3.8, 4) is 45.5 Å². The van der Waals surface area contributed by atoms with Crippen molar-refractivity contribution in [2.45, 2.75) is 0 Å². The minimum absolute atomic E-state index is 0.520. The van der Waals surface area contributed by atoms with Gasteiger partial charge in [-0.15, -0.1) is 0 Å². The molecule has 57 heavy (non-hydrogen) atoms. The van der Waals surface area contributed by atoms with E-state index in [9.17, 15) is 0 Å². The Morgan fingerprint density at radius 1 is 0.351 bits per heavy atom. The minimum atomic E-state index is 0.520. The van der Waals surface area contributed by atoms with Gasteiger partial charge in [0.2, 0.25) is 0 Å².